The van der Waals surface area contributed by atoms with Gasteiger partial charge in [-0.1, -0.05) is 24.3 Å². The standard InChI is InChI=1S/C20H25N3O3.HI/c1-21-20(23(2)13-16-6-4-5-7-17(16)24-3)22-11-10-15-8-9-18-19(12-15)26-14-25-18;/h4-9,12H,10-11,13-14H2,1-3H3,(H,21,22);1H. The highest BCUT2D eigenvalue weighted by molar-refractivity contribution is 14.0. The highest BCUT2D eigenvalue weighted by Gasteiger charge is 2.13. The van der Waals surface area contributed by atoms with Crippen LogP contribution >= 0.6 is 24.0 Å². The first-order chi connectivity index (χ1) is 12.7. The van der Waals surface area contributed by atoms with Crippen molar-refractivity contribution in [2.45, 2.75) is 13.0 Å². The number of hydrogen-bond acceptors (Lipinski definition) is 4. The van der Waals surface area contributed by atoms with Crippen molar-refractivity contribution in [2.24, 2.45) is 4.99 Å². The zero-order valence-corrected chi connectivity index (χ0v) is 18.2. The molecule has 2 aromatic rings. The molecule has 0 bridgehead atoms. The van der Waals surface area contributed by atoms with Gasteiger partial charge in [-0.3, -0.25) is 4.99 Å². The molecule has 0 aromatic heterocycles. The largest absolute Gasteiger partial charge is 0.496 e. The molecule has 146 valence electrons. The van der Waals surface area contributed by atoms with Gasteiger partial charge in [-0.15, -0.1) is 24.0 Å². The van der Waals surface area contributed by atoms with Crippen molar-refractivity contribution < 1.29 is 14.2 Å². The second-order valence-corrected chi connectivity index (χ2v) is 6.08. The third kappa shape index (κ3) is 5.41. The van der Waals surface area contributed by atoms with Crippen LogP contribution in [-0.2, 0) is 13.0 Å². The molecule has 0 saturated carbocycles. The molecule has 0 aliphatic carbocycles. The predicted octanol–water partition coefficient (Wildman–Crippen LogP) is 3.29. The third-order valence-electron chi connectivity index (χ3n) is 4.31. The van der Waals surface area contributed by atoms with E-state index in [2.05, 4.69) is 27.3 Å². The summed E-state index contributed by atoms with van der Waals surface area (Å²) in [6.45, 7) is 1.80. The molecule has 6 nitrogen and oxygen atoms in total. The van der Waals surface area contributed by atoms with Crippen LogP contribution in [0, 0.1) is 0 Å². The molecular weight excluding hydrogens is 457 g/mol. The number of rotatable bonds is 6. The van der Waals surface area contributed by atoms with Gasteiger partial charge in [0.1, 0.15) is 5.75 Å². The SMILES string of the molecule is CN=C(NCCc1ccc2c(c1)OCO2)N(C)Cc1ccccc1OC.I. The smallest absolute Gasteiger partial charge is 0.231 e. The van der Waals surface area contributed by atoms with Gasteiger partial charge in [0.05, 0.1) is 7.11 Å². The van der Waals surface area contributed by atoms with Crippen molar-refractivity contribution >= 4 is 29.9 Å². The minimum atomic E-state index is 0. The molecule has 1 N–H and O–H groups in total. The Labute approximate surface area is 177 Å². The second-order valence-electron chi connectivity index (χ2n) is 6.08. The minimum Gasteiger partial charge on any atom is -0.496 e. The van der Waals surface area contributed by atoms with E-state index in [1.807, 2.05) is 37.4 Å². The number of benzene rings is 2. The van der Waals surface area contributed by atoms with E-state index >= 15 is 0 Å². The van der Waals surface area contributed by atoms with Crippen LogP contribution in [0.2, 0.25) is 0 Å². The number of para-hydroxylation sites is 1. The monoisotopic (exact) mass is 483 g/mol. The number of halogens is 1. The maximum absolute atomic E-state index is 5.43. The minimum absolute atomic E-state index is 0. The van der Waals surface area contributed by atoms with Crippen molar-refractivity contribution in [3.63, 3.8) is 0 Å². The van der Waals surface area contributed by atoms with Crippen LogP contribution in [0.1, 0.15) is 11.1 Å². The lowest BCUT2D eigenvalue weighted by Crippen LogP contribution is -2.39. The fraction of sp³-hybridized carbons (Fsp3) is 0.350. The van der Waals surface area contributed by atoms with Gasteiger partial charge in [0.15, 0.2) is 17.5 Å². The number of ether oxygens (including phenoxy) is 3. The molecule has 0 saturated heterocycles. The number of hydrogen-bond donors (Lipinski definition) is 1. The number of nitrogens with zero attached hydrogens (tertiary/aromatic N) is 2. The van der Waals surface area contributed by atoms with Crippen LogP contribution in [-0.4, -0.2) is 45.4 Å². The lowest BCUT2D eigenvalue weighted by atomic mass is 10.1. The fourth-order valence-corrected chi connectivity index (χ4v) is 2.96. The van der Waals surface area contributed by atoms with Crippen molar-refractivity contribution in [3.05, 3.63) is 53.6 Å². The van der Waals surface area contributed by atoms with Crippen LogP contribution in [0.15, 0.2) is 47.5 Å². The van der Waals surface area contributed by atoms with Gasteiger partial charge in [-0.25, -0.2) is 0 Å². The molecule has 27 heavy (non-hydrogen) atoms. The van der Waals surface area contributed by atoms with Gasteiger partial charge < -0.3 is 24.4 Å². The Balaban J connectivity index is 0.00000261. The van der Waals surface area contributed by atoms with Crippen molar-refractivity contribution in [2.75, 3.05) is 34.5 Å². The van der Waals surface area contributed by atoms with E-state index in [1.54, 1.807) is 14.2 Å². The first-order valence-electron chi connectivity index (χ1n) is 8.63. The predicted molar refractivity (Wildman–Crippen MR) is 118 cm³/mol. The Kier molecular flexibility index (Phi) is 8.02. The van der Waals surface area contributed by atoms with E-state index in [-0.39, 0.29) is 24.0 Å². The molecule has 1 aliphatic rings. The summed E-state index contributed by atoms with van der Waals surface area (Å²) in [7, 11) is 5.50. The molecule has 0 amide bonds. The molecule has 0 spiro atoms. The number of nitrogens with one attached hydrogen (secondary N) is 1. The van der Waals surface area contributed by atoms with Gasteiger partial charge in [0.25, 0.3) is 0 Å². The molecular formula is C20H26IN3O3. The zero-order valence-electron chi connectivity index (χ0n) is 15.9. The number of fused-ring (bicyclic) bond motifs is 1. The Morgan fingerprint density at radius 3 is 2.74 bits per heavy atom. The summed E-state index contributed by atoms with van der Waals surface area (Å²) in [5, 5.41) is 3.41. The van der Waals surface area contributed by atoms with Crippen LogP contribution in [0.4, 0.5) is 0 Å². The summed E-state index contributed by atoms with van der Waals surface area (Å²) in [4.78, 5) is 6.46. The summed E-state index contributed by atoms with van der Waals surface area (Å²) >= 11 is 0. The van der Waals surface area contributed by atoms with Crippen LogP contribution < -0.4 is 19.5 Å². The highest BCUT2D eigenvalue weighted by Crippen LogP contribution is 2.32. The van der Waals surface area contributed by atoms with Crippen molar-refractivity contribution in [1.82, 2.24) is 10.2 Å². The third-order valence-corrected chi connectivity index (χ3v) is 4.31. The number of guanidine groups is 1. The Bertz CT molecular complexity index is 783. The van der Waals surface area contributed by atoms with Gasteiger partial charge in [-0.05, 0) is 30.2 Å². The summed E-state index contributed by atoms with van der Waals surface area (Å²) in [6, 6.07) is 14.1. The number of methoxy groups -OCH3 is 1. The van der Waals surface area contributed by atoms with Crippen LogP contribution in [0.3, 0.4) is 0 Å². The van der Waals surface area contributed by atoms with E-state index in [4.69, 9.17) is 14.2 Å². The normalized spacial score (nSPS) is 12.3. The second kappa shape index (κ2) is 10.2. The van der Waals surface area contributed by atoms with Gasteiger partial charge in [0, 0.05) is 32.7 Å². The van der Waals surface area contributed by atoms with Crippen LogP contribution in [0.5, 0.6) is 17.2 Å². The molecule has 0 fully saturated rings. The van der Waals surface area contributed by atoms with E-state index in [9.17, 15) is 0 Å². The topological polar surface area (TPSA) is 55.3 Å². The number of aliphatic imine (C=N–C) groups is 1. The molecule has 0 atom stereocenters. The fourth-order valence-electron chi connectivity index (χ4n) is 2.96. The maximum Gasteiger partial charge on any atom is 0.231 e. The average Bonchev–Trinajstić information content (AvgIpc) is 3.13. The summed E-state index contributed by atoms with van der Waals surface area (Å²) < 4.78 is 16.2. The molecule has 0 unspecified atom stereocenters. The van der Waals surface area contributed by atoms with E-state index in [0.29, 0.717) is 13.3 Å². The van der Waals surface area contributed by atoms with Gasteiger partial charge in [0.2, 0.25) is 6.79 Å². The zero-order chi connectivity index (χ0) is 18.4. The van der Waals surface area contributed by atoms with E-state index in [1.165, 1.54) is 5.56 Å². The molecule has 2 aromatic carbocycles. The van der Waals surface area contributed by atoms with E-state index in [0.717, 1.165) is 41.7 Å². The van der Waals surface area contributed by atoms with Crippen molar-refractivity contribution in [3.8, 4) is 17.2 Å². The lowest BCUT2D eigenvalue weighted by Gasteiger charge is -2.23. The average molecular weight is 483 g/mol. The maximum atomic E-state index is 5.43. The summed E-state index contributed by atoms with van der Waals surface area (Å²) in [5.74, 6) is 3.36. The summed E-state index contributed by atoms with van der Waals surface area (Å²) in [6.07, 6.45) is 0.873. The highest BCUT2D eigenvalue weighted by atomic mass is 127. The Morgan fingerprint density at radius 1 is 1.19 bits per heavy atom. The first-order valence-corrected chi connectivity index (χ1v) is 8.63. The van der Waals surface area contributed by atoms with Gasteiger partial charge in [-0.2, -0.15) is 0 Å². The lowest BCUT2D eigenvalue weighted by molar-refractivity contribution is 0.174. The molecule has 1 heterocycles. The van der Waals surface area contributed by atoms with E-state index < -0.39 is 0 Å². The Morgan fingerprint density at radius 2 is 1.96 bits per heavy atom. The summed E-state index contributed by atoms with van der Waals surface area (Å²) in [5.41, 5.74) is 2.32. The van der Waals surface area contributed by atoms with Crippen LogP contribution in [0.25, 0.3) is 0 Å². The molecule has 1 aliphatic heterocycles. The molecule has 3 rings (SSSR count). The quantitative estimate of drug-likeness (QED) is 0.389. The Hall–Kier alpha value is -2.16. The van der Waals surface area contributed by atoms with Crippen molar-refractivity contribution in [1.29, 1.82) is 0 Å². The first kappa shape index (κ1) is 21.1. The molecule has 0 radical (unpaired) electrons. The van der Waals surface area contributed by atoms with Gasteiger partial charge >= 0.3 is 0 Å². The molecule has 7 heteroatoms.